The van der Waals surface area contributed by atoms with Gasteiger partial charge in [0, 0.05) is 16.9 Å². The van der Waals surface area contributed by atoms with Gasteiger partial charge < -0.3 is 10.1 Å². The van der Waals surface area contributed by atoms with Crippen LogP contribution in [0.25, 0.3) is 0 Å². The fourth-order valence-corrected chi connectivity index (χ4v) is 1.76. The van der Waals surface area contributed by atoms with E-state index in [1.807, 2.05) is 6.92 Å². The Bertz CT molecular complexity index is 398. The van der Waals surface area contributed by atoms with Crippen molar-refractivity contribution in [3.05, 3.63) is 28.2 Å². The Balaban J connectivity index is 2.74. The van der Waals surface area contributed by atoms with E-state index in [1.54, 1.807) is 25.3 Å². The van der Waals surface area contributed by atoms with Crippen molar-refractivity contribution in [3.8, 4) is 5.75 Å². The van der Waals surface area contributed by atoms with Crippen LogP contribution in [0.15, 0.2) is 22.7 Å². The van der Waals surface area contributed by atoms with Gasteiger partial charge in [0.05, 0.1) is 12.7 Å². The number of methoxy groups -OCH3 is 1. The van der Waals surface area contributed by atoms with Gasteiger partial charge in [-0.15, -0.1) is 11.6 Å². The molecular weight excluding hydrogens is 305 g/mol. The molecule has 17 heavy (non-hydrogen) atoms. The van der Waals surface area contributed by atoms with Crippen molar-refractivity contribution in [1.29, 1.82) is 0 Å². The van der Waals surface area contributed by atoms with E-state index in [-0.39, 0.29) is 11.8 Å². The lowest BCUT2D eigenvalue weighted by Crippen LogP contribution is -2.29. The Hall–Kier alpha value is -0.740. The Morgan fingerprint density at radius 1 is 1.59 bits per heavy atom. The van der Waals surface area contributed by atoms with E-state index in [0.29, 0.717) is 23.7 Å². The second kappa shape index (κ2) is 6.87. The van der Waals surface area contributed by atoms with Crippen molar-refractivity contribution < 1.29 is 9.53 Å². The van der Waals surface area contributed by atoms with Gasteiger partial charge in [-0.1, -0.05) is 6.92 Å². The number of carbonyl (C=O) groups is 1. The minimum atomic E-state index is -0.132. The lowest BCUT2D eigenvalue weighted by atomic mass is 10.2. The number of hydrogen-bond acceptors (Lipinski definition) is 2. The van der Waals surface area contributed by atoms with Crippen LogP contribution in [0, 0.1) is 5.92 Å². The molecule has 0 saturated heterocycles. The molecule has 1 atom stereocenters. The quantitative estimate of drug-likeness (QED) is 0.847. The average molecular weight is 321 g/mol. The van der Waals surface area contributed by atoms with Crippen LogP contribution >= 0.6 is 27.5 Å². The first-order valence-electron chi connectivity index (χ1n) is 5.26. The van der Waals surface area contributed by atoms with Gasteiger partial charge in [0.2, 0.25) is 0 Å². The first-order valence-corrected chi connectivity index (χ1v) is 6.59. The van der Waals surface area contributed by atoms with E-state index in [0.717, 1.165) is 4.47 Å². The third-order valence-electron chi connectivity index (χ3n) is 2.29. The Labute approximate surface area is 115 Å². The summed E-state index contributed by atoms with van der Waals surface area (Å²) in [6.45, 7) is 2.54. The van der Waals surface area contributed by atoms with Crippen LogP contribution in [0.5, 0.6) is 5.75 Å². The number of rotatable bonds is 5. The molecule has 0 saturated carbocycles. The van der Waals surface area contributed by atoms with Crippen LogP contribution in [0.4, 0.5) is 0 Å². The zero-order valence-electron chi connectivity index (χ0n) is 9.80. The number of halogens is 2. The number of benzene rings is 1. The highest BCUT2D eigenvalue weighted by molar-refractivity contribution is 9.10. The topological polar surface area (TPSA) is 38.3 Å². The lowest BCUT2D eigenvalue weighted by Gasteiger charge is -2.11. The summed E-state index contributed by atoms with van der Waals surface area (Å²) in [7, 11) is 1.57. The predicted octanol–water partition coefficient (Wildman–Crippen LogP) is 3.06. The first kappa shape index (κ1) is 14.3. The molecule has 0 aliphatic carbocycles. The summed E-state index contributed by atoms with van der Waals surface area (Å²) in [6, 6.07) is 5.28. The Morgan fingerprint density at radius 2 is 2.29 bits per heavy atom. The lowest BCUT2D eigenvalue weighted by molar-refractivity contribution is 0.0948. The van der Waals surface area contributed by atoms with Crippen LogP contribution in [0.2, 0.25) is 0 Å². The van der Waals surface area contributed by atoms with E-state index in [9.17, 15) is 4.79 Å². The molecule has 0 spiro atoms. The zero-order valence-corrected chi connectivity index (χ0v) is 12.1. The van der Waals surface area contributed by atoms with Gasteiger partial charge in [0.25, 0.3) is 5.91 Å². The summed E-state index contributed by atoms with van der Waals surface area (Å²) in [4.78, 5) is 11.9. The van der Waals surface area contributed by atoms with Crippen LogP contribution in [0.3, 0.4) is 0 Å². The van der Waals surface area contributed by atoms with Gasteiger partial charge in [-0.25, -0.2) is 0 Å². The summed E-state index contributed by atoms with van der Waals surface area (Å²) in [6.07, 6.45) is 0. The highest BCUT2D eigenvalue weighted by Gasteiger charge is 2.12. The molecule has 1 unspecified atom stereocenters. The van der Waals surface area contributed by atoms with E-state index < -0.39 is 0 Å². The van der Waals surface area contributed by atoms with E-state index in [1.165, 1.54) is 0 Å². The molecule has 0 fully saturated rings. The Morgan fingerprint density at radius 3 is 2.88 bits per heavy atom. The van der Waals surface area contributed by atoms with Crippen molar-refractivity contribution in [1.82, 2.24) is 5.32 Å². The molecule has 0 aliphatic rings. The second-order valence-electron chi connectivity index (χ2n) is 3.82. The summed E-state index contributed by atoms with van der Waals surface area (Å²) >= 11 is 9.02. The molecule has 1 N–H and O–H groups in total. The number of nitrogens with one attached hydrogen (secondary N) is 1. The van der Waals surface area contributed by atoms with Crippen LogP contribution in [0.1, 0.15) is 17.3 Å². The summed E-state index contributed by atoms with van der Waals surface area (Å²) in [5.74, 6) is 1.31. The van der Waals surface area contributed by atoms with Crippen molar-refractivity contribution in [2.24, 2.45) is 5.92 Å². The number of ether oxygens (including phenoxy) is 1. The van der Waals surface area contributed by atoms with Gasteiger partial charge in [-0.05, 0) is 40.0 Å². The normalized spacial score (nSPS) is 12.0. The zero-order chi connectivity index (χ0) is 12.8. The van der Waals surface area contributed by atoms with Gasteiger partial charge >= 0.3 is 0 Å². The maximum atomic E-state index is 11.9. The molecule has 0 aliphatic heterocycles. The molecule has 1 aromatic rings. The molecule has 0 heterocycles. The molecular formula is C12H15BrClNO2. The third-order valence-corrected chi connectivity index (χ3v) is 3.51. The summed E-state index contributed by atoms with van der Waals surface area (Å²) in [5.41, 5.74) is 0.561. The first-order chi connectivity index (χ1) is 8.08. The minimum Gasteiger partial charge on any atom is -0.497 e. The standard InChI is InChI=1S/C12H15BrClNO2/c1-8(6-14)7-15-12(16)10-5-9(17-2)3-4-11(10)13/h3-5,8H,6-7H2,1-2H3,(H,15,16). The maximum absolute atomic E-state index is 11.9. The molecule has 3 nitrogen and oxygen atoms in total. The predicted molar refractivity (Wildman–Crippen MR) is 72.9 cm³/mol. The second-order valence-corrected chi connectivity index (χ2v) is 4.98. The number of hydrogen-bond donors (Lipinski definition) is 1. The molecule has 0 aromatic heterocycles. The fourth-order valence-electron chi connectivity index (χ4n) is 1.22. The Kier molecular flexibility index (Phi) is 5.78. The molecule has 0 bridgehead atoms. The van der Waals surface area contributed by atoms with E-state index in [4.69, 9.17) is 16.3 Å². The van der Waals surface area contributed by atoms with Crippen LogP contribution in [-0.2, 0) is 0 Å². The van der Waals surface area contributed by atoms with Gasteiger partial charge in [0.1, 0.15) is 5.75 Å². The average Bonchev–Trinajstić information content (AvgIpc) is 2.36. The van der Waals surface area contributed by atoms with Crippen molar-refractivity contribution in [2.45, 2.75) is 6.92 Å². The molecule has 1 aromatic carbocycles. The van der Waals surface area contributed by atoms with Gasteiger partial charge in [-0.2, -0.15) is 0 Å². The highest BCUT2D eigenvalue weighted by Crippen LogP contribution is 2.22. The summed E-state index contributed by atoms with van der Waals surface area (Å²) in [5, 5.41) is 2.83. The van der Waals surface area contributed by atoms with Crippen molar-refractivity contribution >= 4 is 33.4 Å². The number of amides is 1. The monoisotopic (exact) mass is 319 g/mol. The SMILES string of the molecule is COc1ccc(Br)c(C(=O)NCC(C)CCl)c1. The van der Waals surface area contributed by atoms with Gasteiger partial charge in [0.15, 0.2) is 0 Å². The van der Waals surface area contributed by atoms with E-state index >= 15 is 0 Å². The van der Waals surface area contributed by atoms with Crippen LogP contribution in [-0.4, -0.2) is 25.4 Å². The third kappa shape index (κ3) is 4.21. The summed E-state index contributed by atoms with van der Waals surface area (Å²) < 4.78 is 5.83. The minimum absolute atomic E-state index is 0.132. The molecule has 1 rings (SSSR count). The molecule has 0 radical (unpaired) electrons. The van der Waals surface area contributed by atoms with Crippen molar-refractivity contribution in [3.63, 3.8) is 0 Å². The number of carbonyl (C=O) groups excluding carboxylic acids is 1. The molecule has 5 heteroatoms. The highest BCUT2D eigenvalue weighted by atomic mass is 79.9. The molecule has 1 amide bonds. The molecule has 94 valence electrons. The number of alkyl halides is 1. The largest absolute Gasteiger partial charge is 0.497 e. The van der Waals surface area contributed by atoms with Crippen LogP contribution < -0.4 is 10.1 Å². The van der Waals surface area contributed by atoms with E-state index in [2.05, 4.69) is 21.2 Å². The smallest absolute Gasteiger partial charge is 0.252 e. The van der Waals surface area contributed by atoms with Crippen molar-refractivity contribution in [2.75, 3.05) is 19.5 Å². The fraction of sp³-hybridized carbons (Fsp3) is 0.417. The van der Waals surface area contributed by atoms with Gasteiger partial charge in [-0.3, -0.25) is 4.79 Å². The maximum Gasteiger partial charge on any atom is 0.252 e.